The molecule has 0 spiro atoms. The van der Waals surface area contributed by atoms with Crippen LogP contribution in [0.1, 0.15) is 0 Å². The summed E-state index contributed by atoms with van der Waals surface area (Å²) in [5.41, 5.74) is 0. The molecule has 6 heteroatoms. The Balaban J connectivity index is 0.00000196. The van der Waals surface area contributed by atoms with E-state index in [2.05, 4.69) is 0 Å². The van der Waals surface area contributed by atoms with Gasteiger partial charge < -0.3 is 13.9 Å². The molecule has 0 amide bonds. The van der Waals surface area contributed by atoms with Crippen LogP contribution in [0.3, 0.4) is 0 Å². The molecule has 0 N–H and O–H groups in total. The predicted molar refractivity (Wildman–Crippen MR) is 96.8 cm³/mol. The van der Waals surface area contributed by atoms with Crippen LogP contribution in [0.5, 0.6) is 11.5 Å². The molecule has 0 radical (unpaired) electrons. The predicted octanol–water partition coefficient (Wildman–Crippen LogP) is 1.92. The molecular weight excluding hydrogens is 358 g/mol. The fraction of sp³-hybridized carbons (Fsp3) is 0. The summed E-state index contributed by atoms with van der Waals surface area (Å²) in [5.74, 6) is 0.440. The Labute approximate surface area is 173 Å². The maximum atomic E-state index is 12.2. The first-order valence-corrected chi connectivity index (χ1v) is 9.23. The third-order valence-corrected chi connectivity index (χ3v) is 4.75. The minimum absolute atomic E-state index is 0. The van der Waals surface area contributed by atoms with E-state index in [9.17, 15) is 9.46 Å². The Bertz CT molecular complexity index is 1030. The minimum atomic E-state index is -4.54. The van der Waals surface area contributed by atoms with Crippen LogP contribution in [0.25, 0.3) is 21.5 Å². The number of hydrogen-bond acceptors (Lipinski definition) is 4. The summed E-state index contributed by atoms with van der Waals surface area (Å²) in [5, 5.41) is 3.80. The maximum Gasteiger partial charge on any atom is 1.00 e. The Morgan fingerprint density at radius 1 is 0.615 bits per heavy atom. The fourth-order valence-corrected chi connectivity index (χ4v) is 3.51. The van der Waals surface area contributed by atoms with Crippen LogP contribution in [0.15, 0.2) is 84.9 Å². The summed E-state index contributed by atoms with van der Waals surface area (Å²) in [4.78, 5) is 12.2. The third kappa shape index (κ3) is 4.29. The topological polar surface area (TPSA) is 58.6 Å². The van der Waals surface area contributed by atoms with E-state index in [0.717, 1.165) is 21.5 Å². The van der Waals surface area contributed by atoms with Crippen LogP contribution in [-0.4, -0.2) is 0 Å². The number of phosphoric ester groups is 1. The van der Waals surface area contributed by atoms with Crippen molar-refractivity contribution in [2.75, 3.05) is 0 Å². The Hall–Kier alpha value is -1.81. The van der Waals surface area contributed by atoms with Gasteiger partial charge in [0.05, 0.1) is 0 Å². The standard InChI is InChI=1S/C20H15O4P.Na/c21-25(22,23-19-11-9-15-5-1-3-7-17(15)13-19)24-20-12-10-16-6-2-4-8-18(16)14-20;/h1-14H,(H,21,22);/q;+1/p-1. The molecule has 0 saturated carbocycles. The average Bonchev–Trinajstić information content (AvgIpc) is 2.61. The van der Waals surface area contributed by atoms with E-state index < -0.39 is 7.82 Å². The molecule has 0 aromatic heterocycles. The zero-order valence-electron chi connectivity index (χ0n) is 14.2. The van der Waals surface area contributed by atoms with E-state index in [1.54, 1.807) is 36.4 Å². The zero-order valence-corrected chi connectivity index (χ0v) is 17.1. The van der Waals surface area contributed by atoms with Gasteiger partial charge in [0.2, 0.25) is 0 Å². The van der Waals surface area contributed by atoms with Gasteiger partial charge in [0, 0.05) is 0 Å². The van der Waals surface area contributed by atoms with Gasteiger partial charge in [-0.05, 0) is 45.8 Å². The van der Waals surface area contributed by atoms with Crippen molar-refractivity contribution in [3.63, 3.8) is 0 Å². The van der Waals surface area contributed by atoms with Gasteiger partial charge in [-0.3, -0.25) is 0 Å². The molecule has 26 heavy (non-hydrogen) atoms. The van der Waals surface area contributed by atoms with Crippen LogP contribution in [-0.2, 0) is 4.57 Å². The Kier molecular flexibility index (Phi) is 5.71. The average molecular weight is 372 g/mol. The van der Waals surface area contributed by atoms with E-state index >= 15 is 0 Å². The number of rotatable bonds is 4. The quantitative estimate of drug-likeness (QED) is 0.406. The van der Waals surface area contributed by atoms with E-state index in [4.69, 9.17) is 9.05 Å². The SMILES string of the molecule is O=P([O-])(Oc1ccc2ccccc2c1)Oc1ccc2ccccc2c1.[Na+]. The summed E-state index contributed by atoms with van der Waals surface area (Å²) >= 11 is 0. The molecule has 0 unspecified atom stereocenters. The van der Waals surface area contributed by atoms with Crippen LogP contribution in [0.2, 0.25) is 0 Å². The molecule has 0 heterocycles. The molecule has 0 saturated heterocycles. The second-order valence-electron chi connectivity index (χ2n) is 5.65. The smallest absolute Gasteiger partial charge is 0.736 e. The number of benzene rings is 4. The fourth-order valence-electron chi connectivity index (χ4n) is 2.73. The summed E-state index contributed by atoms with van der Waals surface area (Å²) in [6.45, 7) is 0. The molecule has 0 atom stereocenters. The molecular formula is C20H14NaO4P. The molecule has 0 fully saturated rings. The first kappa shape index (κ1) is 19.0. The minimum Gasteiger partial charge on any atom is -0.736 e. The molecule has 4 aromatic carbocycles. The Morgan fingerprint density at radius 2 is 1.00 bits per heavy atom. The second kappa shape index (κ2) is 7.83. The van der Waals surface area contributed by atoms with Gasteiger partial charge >= 0.3 is 37.4 Å². The number of phosphoric acid groups is 1. The molecule has 124 valence electrons. The monoisotopic (exact) mass is 372 g/mol. The third-order valence-electron chi connectivity index (χ3n) is 3.88. The first-order chi connectivity index (χ1) is 12.1. The molecule has 4 aromatic rings. The van der Waals surface area contributed by atoms with Gasteiger partial charge in [-0.15, -0.1) is 0 Å². The van der Waals surface area contributed by atoms with Crippen LogP contribution < -0.4 is 43.5 Å². The van der Waals surface area contributed by atoms with Crippen molar-refractivity contribution in [3.05, 3.63) is 84.9 Å². The van der Waals surface area contributed by atoms with Gasteiger partial charge in [-0.25, -0.2) is 4.57 Å². The van der Waals surface area contributed by atoms with Crippen LogP contribution in [0.4, 0.5) is 0 Å². The number of hydrogen-bond donors (Lipinski definition) is 0. The molecule has 0 aliphatic carbocycles. The summed E-state index contributed by atoms with van der Waals surface area (Å²) in [6, 6.07) is 25.5. The van der Waals surface area contributed by atoms with E-state index in [0.29, 0.717) is 0 Å². The first-order valence-electron chi connectivity index (χ1n) is 7.77. The van der Waals surface area contributed by atoms with E-state index in [-0.39, 0.29) is 41.1 Å². The van der Waals surface area contributed by atoms with Crippen LogP contribution in [0, 0.1) is 0 Å². The largest absolute Gasteiger partial charge is 1.00 e. The molecule has 0 aliphatic rings. The maximum absolute atomic E-state index is 12.2. The van der Waals surface area contributed by atoms with Gasteiger partial charge in [0.25, 0.3) is 0 Å². The van der Waals surface area contributed by atoms with Gasteiger partial charge in [-0.1, -0.05) is 60.7 Å². The van der Waals surface area contributed by atoms with Crippen molar-refractivity contribution in [1.29, 1.82) is 0 Å². The summed E-state index contributed by atoms with van der Waals surface area (Å²) in [7, 11) is -4.54. The van der Waals surface area contributed by atoms with Crippen LogP contribution >= 0.6 is 7.82 Å². The zero-order chi connectivity index (χ0) is 17.3. The Morgan fingerprint density at radius 3 is 1.42 bits per heavy atom. The van der Waals surface area contributed by atoms with E-state index in [1.807, 2.05) is 48.5 Å². The summed E-state index contributed by atoms with van der Waals surface area (Å²) in [6.07, 6.45) is 0. The van der Waals surface area contributed by atoms with Crippen molar-refractivity contribution < 1.29 is 48.1 Å². The summed E-state index contributed by atoms with van der Waals surface area (Å²) < 4.78 is 22.4. The van der Waals surface area contributed by atoms with E-state index in [1.165, 1.54) is 0 Å². The van der Waals surface area contributed by atoms with Crippen molar-refractivity contribution >= 4 is 29.4 Å². The van der Waals surface area contributed by atoms with Crippen molar-refractivity contribution in [2.24, 2.45) is 0 Å². The second-order valence-corrected chi connectivity index (χ2v) is 6.91. The van der Waals surface area contributed by atoms with Gasteiger partial charge in [0.1, 0.15) is 11.5 Å². The van der Waals surface area contributed by atoms with Crippen molar-refractivity contribution in [1.82, 2.24) is 0 Å². The van der Waals surface area contributed by atoms with Crippen molar-refractivity contribution in [2.45, 2.75) is 0 Å². The molecule has 0 aliphatic heterocycles. The number of fused-ring (bicyclic) bond motifs is 2. The van der Waals surface area contributed by atoms with Gasteiger partial charge in [0.15, 0.2) is 0 Å². The molecule has 0 bridgehead atoms. The normalized spacial score (nSPS) is 11.1. The van der Waals surface area contributed by atoms with Gasteiger partial charge in [-0.2, -0.15) is 0 Å². The molecule has 4 nitrogen and oxygen atoms in total. The molecule has 4 rings (SSSR count). The van der Waals surface area contributed by atoms with Crippen molar-refractivity contribution in [3.8, 4) is 11.5 Å².